The molecule has 0 spiro atoms. The summed E-state index contributed by atoms with van der Waals surface area (Å²) < 4.78 is 73.2. The highest BCUT2D eigenvalue weighted by molar-refractivity contribution is 9.10. The van der Waals surface area contributed by atoms with Gasteiger partial charge in [-0.1, -0.05) is 0 Å². The predicted octanol–water partition coefficient (Wildman–Crippen LogP) is 3.99. The van der Waals surface area contributed by atoms with Crippen molar-refractivity contribution >= 4 is 21.7 Å². The van der Waals surface area contributed by atoms with E-state index in [0.29, 0.717) is 13.0 Å². The molecule has 0 aliphatic carbocycles. The average molecular weight is 375 g/mol. The van der Waals surface area contributed by atoms with Crippen LogP contribution in [0.1, 0.15) is 16.8 Å². The van der Waals surface area contributed by atoms with Crippen molar-refractivity contribution in [3.05, 3.63) is 22.2 Å². The second-order valence-electron chi connectivity index (χ2n) is 4.23. The maximum atomic E-state index is 13.1. The Morgan fingerprint density at radius 2 is 1.57 bits per heavy atom. The second-order valence-corrected chi connectivity index (χ2v) is 5.08. The zero-order valence-electron chi connectivity index (χ0n) is 10.3. The monoisotopic (exact) mass is 374 g/mol. The minimum atomic E-state index is -5.96. The van der Waals surface area contributed by atoms with Crippen LogP contribution in [0.5, 0.6) is 11.5 Å². The summed E-state index contributed by atoms with van der Waals surface area (Å²) in [6.45, 7) is 0.517. The van der Waals surface area contributed by atoms with E-state index < -0.39 is 23.4 Å². The summed E-state index contributed by atoms with van der Waals surface area (Å²) in [5.74, 6) is -7.70. The summed E-state index contributed by atoms with van der Waals surface area (Å²) in [4.78, 5) is 11.5. The third kappa shape index (κ3) is 2.97. The summed E-state index contributed by atoms with van der Waals surface area (Å²) in [6.07, 6.45) is -5.44. The first-order valence-electron chi connectivity index (χ1n) is 5.73. The second kappa shape index (κ2) is 5.43. The molecule has 1 aliphatic heterocycles. The fraction of sp³-hybridized carbons (Fsp3) is 0.417. The quantitative estimate of drug-likeness (QED) is 0.579. The Hall–Kier alpha value is -1.38. The largest absolute Gasteiger partial charge is 0.490 e. The highest BCUT2D eigenvalue weighted by Gasteiger charge is 2.63. The number of fused-ring (bicyclic) bond motifs is 1. The Morgan fingerprint density at radius 1 is 1.05 bits per heavy atom. The summed E-state index contributed by atoms with van der Waals surface area (Å²) in [5, 5.41) is 0. The smallest absolute Gasteiger partial charge is 0.461 e. The van der Waals surface area contributed by atoms with E-state index in [1.54, 1.807) is 0 Å². The van der Waals surface area contributed by atoms with Crippen LogP contribution in [0, 0.1) is 0 Å². The first-order chi connectivity index (χ1) is 9.64. The molecule has 1 heterocycles. The van der Waals surface area contributed by atoms with Crippen LogP contribution in [0.25, 0.3) is 0 Å². The minimum Gasteiger partial charge on any atom is -0.490 e. The van der Waals surface area contributed by atoms with E-state index >= 15 is 0 Å². The molecule has 3 nitrogen and oxygen atoms in total. The van der Waals surface area contributed by atoms with Crippen molar-refractivity contribution in [1.29, 1.82) is 0 Å². The number of halogens is 6. The van der Waals surface area contributed by atoms with Crippen LogP contribution in [0.3, 0.4) is 0 Å². The van der Waals surface area contributed by atoms with Crippen LogP contribution in [0.15, 0.2) is 16.6 Å². The highest BCUT2D eigenvalue weighted by Crippen LogP contribution is 2.42. The van der Waals surface area contributed by atoms with E-state index in [9.17, 15) is 26.7 Å². The number of benzene rings is 1. The van der Waals surface area contributed by atoms with Crippen molar-refractivity contribution < 1.29 is 36.2 Å². The maximum absolute atomic E-state index is 13.1. The van der Waals surface area contributed by atoms with Gasteiger partial charge in [-0.15, -0.1) is 0 Å². The third-order valence-electron chi connectivity index (χ3n) is 2.72. The van der Waals surface area contributed by atoms with E-state index in [-0.39, 0.29) is 22.6 Å². The van der Waals surface area contributed by atoms with E-state index in [4.69, 9.17) is 9.47 Å². The number of ether oxygens (including phenoxy) is 2. The number of carbonyl (C=O) groups is 1. The molecule has 1 aliphatic rings. The minimum absolute atomic E-state index is 0.0444. The molecule has 0 bridgehead atoms. The van der Waals surface area contributed by atoms with E-state index in [1.807, 2.05) is 0 Å². The van der Waals surface area contributed by atoms with Gasteiger partial charge in [0.25, 0.3) is 0 Å². The van der Waals surface area contributed by atoms with Gasteiger partial charge >= 0.3 is 12.1 Å². The number of hydrogen-bond donors (Lipinski definition) is 0. The molecule has 0 radical (unpaired) electrons. The van der Waals surface area contributed by atoms with E-state index in [1.165, 1.54) is 0 Å². The van der Waals surface area contributed by atoms with Crippen molar-refractivity contribution in [2.45, 2.75) is 18.5 Å². The van der Waals surface area contributed by atoms with Gasteiger partial charge in [-0.25, -0.2) is 0 Å². The number of rotatable bonds is 2. The first kappa shape index (κ1) is 16.0. The zero-order chi connectivity index (χ0) is 15.8. The van der Waals surface area contributed by atoms with Gasteiger partial charge in [-0.2, -0.15) is 22.0 Å². The van der Waals surface area contributed by atoms with Crippen LogP contribution >= 0.6 is 15.9 Å². The Bertz CT molecular complexity index is 571. The number of Topliss-reactive ketones (excluding diaryl/α,β-unsaturated/α-hetero) is 1. The van der Waals surface area contributed by atoms with Crippen LogP contribution in [0.4, 0.5) is 22.0 Å². The Balaban J connectivity index is 2.45. The Kier molecular flexibility index (Phi) is 4.14. The molecule has 1 aromatic rings. The average Bonchev–Trinajstić information content (AvgIpc) is 2.60. The topological polar surface area (TPSA) is 35.5 Å². The van der Waals surface area contributed by atoms with Gasteiger partial charge < -0.3 is 9.47 Å². The summed E-state index contributed by atoms with van der Waals surface area (Å²) in [7, 11) is 0. The van der Waals surface area contributed by atoms with E-state index in [0.717, 1.165) is 12.1 Å². The number of hydrogen-bond acceptors (Lipinski definition) is 3. The van der Waals surface area contributed by atoms with Crippen LogP contribution in [-0.4, -0.2) is 31.1 Å². The molecule has 116 valence electrons. The molecule has 0 saturated heterocycles. The molecule has 21 heavy (non-hydrogen) atoms. The first-order valence-corrected chi connectivity index (χ1v) is 6.52. The molecule has 0 saturated carbocycles. The molecule has 2 rings (SSSR count). The molecular formula is C12H8BrF5O3. The molecular weight excluding hydrogens is 367 g/mol. The lowest BCUT2D eigenvalue weighted by Gasteiger charge is -2.19. The number of carbonyl (C=O) groups excluding carboxylic acids is 1. The summed E-state index contributed by atoms with van der Waals surface area (Å²) in [5.41, 5.74) is -0.818. The van der Waals surface area contributed by atoms with Crippen molar-refractivity contribution in [1.82, 2.24) is 0 Å². The van der Waals surface area contributed by atoms with Crippen LogP contribution in [-0.2, 0) is 0 Å². The SMILES string of the molecule is O=C(c1cc2c(cc1Br)OCCCO2)C(F)(F)C(F)(F)F. The number of alkyl halides is 5. The third-order valence-corrected chi connectivity index (χ3v) is 3.38. The van der Waals surface area contributed by atoms with Crippen molar-refractivity contribution in [2.24, 2.45) is 0 Å². The molecule has 0 fully saturated rings. The number of ketones is 1. The van der Waals surface area contributed by atoms with Gasteiger partial charge in [0.2, 0.25) is 5.78 Å². The van der Waals surface area contributed by atoms with Gasteiger partial charge in [0, 0.05) is 16.5 Å². The molecule has 1 aromatic carbocycles. The van der Waals surface area contributed by atoms with Gasteiger partial charge in [-0.3, -0.25) is 4.79 Å². The summed E-state index contributed by atoms with van der Waals surface area (Å²) >= 11 is 2.80. The maximum Gasteiger partial charge on any atom is 0.461 e. The normalized spacial score (nSPS) is 15.5. The van der Waals surface area contributed by atoms with Gasteiger partial charge in [0.15, 0.2) is 11.5 Å². The fourth-order valence-corrected chi connectivity index (χ4v) is 2.16. The van der Waals surface area contributed by atoms with E-state index in [2.05, 4.69) is 15.9 Å². The van der Waals surface area contributed by atoms with Gasteiger partial charge in [0.05, 0.1) is 13.2 Å². The fourth-order valence-electron chi connectivity index (χ4n) is 1.66. The Morgan fingerprint density at radius 3 is 2.10 bits per heavy atom. The zero-order valence-corrected chi connectivity index (χ0v) is 11.9. The summed E-state index contributed by atoms with van der Waals surface area (Å²) in [6, 6.07) is 1.97. The van der Waals surface area contributed by atoms with Gasteiger partial charge in [-0.05, 0) is 28.1 Å². The molecule has 0 atom stereocenters. The lowest BCUT2D eigenvalue weighted by molar-refractivity contribution is -0.255. The lowest BCUT2D eigenvalue weighted by atomic mass is 10.0. The van der Waals surface area contributed by atoms with Crippen molar-refractivity contribution in [3.8, 4) is 11.5 Å². The molecule has 0 unspecified atom stereocenters. The standard InChI is InChI=1S/C12H8BrF5O3/c13-7-5-9-8(20-2-1-3-21-9)4-6(7)10(19)11(14,15)12(16,17)18/h4-5H,1-3H2. The van der Waals surface area contributed by atoms with Crippen molar-refractivity contribution in [3.63, 3.8) is 0 Å². The van der Waals surface area contributed by atoms with Crippen molar-refractivity contribution in [2.75, 3.05) is 13.2 Å². The van der Waals surface area contributed by atoms with Gasteiger partial charge in [0.1, 0.15) is 0 Å². The van der Waals surface area contributed by atoms with Crippen LogP contribution < -0.4 is 9.47 Å². The molecule has 0 amide bonds. The molecule has 9 heteroatoms. The Labute approximate surface area is 124 Å². The van der Waals surface area contributed by atoms with Crippen LogP contribution in [0.2, 0.25) is 0 Å². The lowest BCUT2D eigenvalue weighted by Crippen LogP contribution is -2.44. The predicted molar refractivity (Wildman–Crippen MR) is 65.1 cm³/mol. The molecule has 0 aromatic heterocycles. The molecule has 0 N–H and O–H groups in total. The highest BCUT2D eigenvalue weighted by atomic mass is 79.9.